The Balaban J connectivity index is 1.89. The number of hydrogen-bond acceptors (Lipinski definition) is 10. The van der Waals surface area contributed by atoms with Gasteiger partial charge in [0.2, 0.25) is 11.7 Å². The Bertz CT molecular complexity index is 916. The molecule has 146 valence electrons. The van der Waals surface area contributed by atoms with E-state index in [1.807, 2.05) is 0 Å². The molecule has 5 atom stereocenters. The first-order valence-electron chi connectivity index (χ1n) is 7.42. The predicted molar refractivity (Wildman–Crippen MR) is 84.1 cm³/mol. The van der Waals surface area contributed by atoms with Crippen LogP contribution >= 0.6 is 0 Å². The number of hydrogen-bond donors (Lipinski definition) is 4. The van der Waals surface area contributed by atoms with E-state index in [4.69, 9.17) is 14.0 Å². The number of ether oxygens (including phenoxy) is 2. The van der Waals surface area contributed by atoms with Crippen LogP contribution in [0.4, 0.5) is 4.39 Å². The van der Waals surface area contributed by atoms with Gasteiger partial charge in [-0.15, -0.1) is 0 Å². The second-order valence-corrected chi connectivity index (χ2v) is 7.11. The third kappa shape index (κ3) is 4.02. The SMILES string of the molecule is O=S(=O)(O)C1O[C@@H](Oc2cc(-c3cncnc3)cnc2F)[C@H](O)[C@@H](O)[C@@H]1O. The zero-order chi connectivity index (χ0) is 19.8. The van der Waals surface area contributed by atoms with Gasteiger partial charge in [0.25, 0.3) is 16.1 Å². The summed E-state index contributed by atoms with van der Waals surface area (Å²) >= 11 is 0. The second-order valence-electron chi connectivity index (χ2n) is 5.62. The first kappa shape index (κ1) is 19.5. The van der Waals surface area contributed by atoms with Crippen molar-refractivity contribution in [3.05, 3.63) is 36.9 Å². The summed E-state index contributed by atoms with van der Waals surface area (Å²) in [4.78, 5) is 11.1. The van der Waals surface area contributed by atoms with Crippen LogP contribution in [-0.4, -0.2) is 73.3 Å². The van der Waals surface area contributed by atoms with E-state index >= 15 is 0 Å². The number of aliphatic hydroxyl groups excluding tert-OH is 3. The first-order chi connectivity index (χ1) is 12.7. The Morgan fingerprint density at radius 1 is 1.04 bits per heavy atom. The van der Waals surface area contributed by atoms with Crippen molar-refractivity contribution in [3.63, 3.8) is 0 Å². The van der Waals surface area contributed by atoms with Crippen LogP contribution in [0.3, 0.4) is 0 Å². The lowest BCUT2D eigenvalue weighted by Crippen LogP contribution is -2.61. The van der Waals surface area contributed by atoms with E-state index in [0.717, 1.165) is 6.07 Å². The molecule has 3 heterocycles. The van der Waals surface area contributed by atoms with Gasteiger partial charge >= 0.3 is 0 Å². The van der Waals surface area contributed by atoms with Crippen LogP contribution in [0, 0.1) is 5.95 Å². The molecule has 0 aliphatic carbocycles. The minimum Gasteiger partial charge on any atom is -0.457 e. The molecule has 1 fully saturated rings. The molecule has 0 saturated carbocycles. The molecule has 2 aromatic heterocycles. The summed E-state index contributed by atoms with van der Waals surface area (Å²) < 4.78 is 55.5. The van der Waals surface area contributed by atoms with Crippen molar-refractivity contribution >= 4 is 10.1 Å². The van der Waals surface area contributed by atoms with Gasteiger partial charge < -0.3 is 24.8 Å². The lowest BCUT2D eigenvalue weighted by atomic mass is 10.1. The maximum Gasteiger partial charge on any atom is 0.295 e. The highest BCUT2D eigenvalue weighted by Crippen LogP contribution is 2.29. The molecule has 3 rings (SSSR count). The molecule has 0 amide bonds. The topological polar surface area (TPSA) is 172 Å². The van der Waals surface area contributed by atoms with Crippen molar-refractivity contribution in [1.82, 2.24) is 15.0 Å². The van der Waals surface area contributed by atoms with E-state index in [2.05, 4.69) is 15.0 Å². The summed E-state index contributed by atoms with van der Waals surface area (Å²) in [6.07, 6.45) is -2.76. The van der Waals surface area contributed by atoms with Crippen molar-refractivity contribution in [1.29, 1.82) is 0 Å². The Morgan fingerprint density at radius 3 is 2.33 bits per heavy atom. The number of halogens is 1. The molecule has 0 spiro atoms. The third-order valence-corrected chi connectivity index (χ3v) is 4.74. The van der Waals surface area contributed by atoms with Crippen molar-refractivity contribution in [2.75, 3.05) is 0 Å². The summed E-state index contributed by atoms with van der Waals surface area (Å²) in [5.74, 6) is -1.66. The predicted octanol–water partition coefficient (Wildman–Crippen LogP) is -1.29. The first-order valence-corrected chi connectivity index (χ1v) is 8.92. The van der Waals surface area contributed by atoms with Gasteiger partial charge in [-0.1, -0.05) is 0 Å². The van der Waals surface area contributed by atoms with Gasteiger partial charge in [-0.25, -0.2) is 15.0 Å². The average Bonchev–Trinajstić information content (AvgIpc) is 2.63. The quantitative estimate of drug-likeness (QED) is 0.353. The molecule has 4 N–H and O–H groups in total. The molecule has 27 heavy (non-hydrogen) atoms. The van der Waals surface area contributed by atoms with Crippen molar-refractivity contribution in [3.8, 4) is 16.9 Å². The third-order valence-electron chi connectivity index (χ3n) is 3.76. The summed E-state index contributed by atoms with van der Waals surface area (Å²) in [7, 11) is -4.97. The molecule has 11 nitrogen and oxygen atoms in total. The average molecular weight is 403 g/mol. The molecule has 0 aromatic carbocycles. The van der Waals surface area contributed by atoms with E-state index < -0.39 is 51.9 Å². The Labute approximate surface area is 151 Å². The maximum atomic E-state index is 14.0. The fourth-order valence-corrected chi connectivity index (χ4v) is 3.17. The van der Waals surface area contributed by atoms with Gasteiger partial charge in [-0.2, -0.15) is 12.8 Å². The van der Waals surface area contributed by atoms with Gasteiger partial charge in [0.05, 0.1) is 0 Å². The maximum absolute atomic E-state index is 14.0. The summed E-state index contributed by atoms with van der Waals surface area (Å²) in [6, 6.07) is 1.16. The molecular weight excluding hydrogens is 389 g/mol. The highest BCUT2D eigenvalue weighted by atomic mass is 32.2. The Hall–Kier alpha value is -2.29. The van der Waals surface area contributed by atoms with Crippen LogP contribution in [0.2, 0.25) is 0 Å². The molecule has 1 unspecified atom stereocenters. The van der Waals surface area contributed by atoms with Gasteiger partial charge in [0, 0.05) is 29.7 Å². The van der Waals surface area contributed by atoms with E-state index in [0.29, 0.717) is 11.1 Å². The van der Waals surface area contributed by atoms with E-state index in [1.54, 1.807) is 0 Å². The van der Waals surface area contributed by atoms with Crippen LogP contribution in [0.1, 0.15) is 0 Å². The van der Waals surface area contributed by atoms with Gasteiger partial charge in [0.1, 0.15) is 24.6 Å². The standard InChI is InChI=1S/C14H14FN3O8S/c15-12-8(1-6(4-18-12)7-2-16-5-17-3-7)25-13-10(20)9(19)11(21)14(26-13)27(22,23)24/h1-5,9-11,13-14,19-21H,(H,22,23,24)/t9-,10-,11+,13-,14?/m1/s1. The second kappa shape index (κ2) is 7.38. The van der Waals surface area contributed by atoms with Gasteiger partial charge in [-0.3, -0.25) is 4.55 Å². The smallest absolute Gasteiger partial charge is 0.295 e. The summed E-state index contributed by atoms with van der Waals surface area (Å²) in [6.45, 7) is 0. The number of rotatable bonds is 4. The minimum atomic E-state index is -4.97. The highest BCUT2D eigenvalue weighted by molar-refractivity contribution is 7.86. The van der Waals surface area contributed by atoms with Crippen molar-refractivity contribution in [2.24, 2.45) is 0 Å². The fourth-order valence-electron chi connectivity index (χ4n) is 2.40. The Kier molecular flexibility index (Phi) is 5.32. The monoisotopic (exact) mass is 403 g/mol. The molecule has 13 heteroatoms. The van der Waals surface area contributed by atoms with Crippen LogP contribution < -0.4 is 4.74 Å². The Morgan fingerprint density at radius 2 is 1.70 bits per heavy atom. The van der Waals surface area contributed by atoms with Crippen LogP contribution in [0.15, 0.2) is 31.0 Å². The van der Waals surface area contributed by atoms with E-state index in [1.165, 1.54) is 24.9 Å². The fraction of sp³-hybridized carbons (Fsp3) is 0.357. The number of nitrogens with zero attached hydrogens (tertiary/aromatic N) is 3. The molecule has 2 aromatic rings. The van der Waals surface area contributed by atoms with Crippen LogP contribution in [-0.2, 0) is 14.9 Å². The lowest BCUT2D eigenvalue weighted by molar-refractivity contribution is -0.254. The van der Waals surface area contributed by atoms with Gasteiger partial charge in [-0.05, 0) is 6.07 Å². The number of pyridine rings is 1. The summed E-state index contributed by atoms with van der Waals surface area (Å²) in [5, 5.41) is 29.3. The van der Waals surface area contributed by atoms with Crippen LogP contribution in [0.5, 0.6) is 5.75 Å². The van der Waals surface area contributed by atoms with E-state index in [9.17, 15) is 28.1 Å². The number of aliphatic hydroxyl groups is 3. The van der Waals surface area contributed by atoms with E-state index in [-0.39, 0.29) is 0 Å². The zero-order valence-corrected chi connectivity index (χ0v) is 14.1. The highest BCUT2D eigenvalue weighted by Gasteiger charge is 2.50. The lowest BCUT2D eigenvalue weighted by Gasteiger charge is -2.38. The number of aromatic nitrogens is 3. The normalized spacial score (nSPS) is 28.7. The van der Waals surface area contributed by atoms with Crippen molar-refractivity contribution < 1.29 is 42.2 Å². The van der Waals surface area contributed by atoms with Gasteiger partial charge in [0.15, 0.2) is 5.75 Å². The molecule has 1 saturated heterocycles. The zero-order valence-electron chi connectivity index (χ0n) is 13.3. The largest absolute Gasteiger partial charge is 0.457 e. The molecule has 0 radical (unpaired) electrons. The molecular formula is C14H14FN3O8S. The molecule has 1 aliphatic rings. The summed E-state index contributed by atoms with van der Waals surface area (Å²) in [5.41, 5.74) is -1.50. The van der Waals surface area contributed by atoms with Crippen LogP contribution in [0.25, 0.3) is 11.1 Å². The van der Waals surface area contributed by atoms with Crippen molar-refractivity contribution in [2.45, 2.75) is 30.0 Å². The minimum absolute atomic E-state index is 0.337. The molecule has 1 aliphatic heterocycles. The molecule has 0 bridgehead atoms.